The van der Waals surface area contributed by atoms with E-state index in [1.165, 1.54) is 0 Å². The Kier molecular flexibility index (Phi) is 3.67. The smallest absolute Gasteiger partial charge is 0.366 e. The fourth-order valence-corrected chi connectivity index (χ4v) is 1.17. The van der Waals surface area contributed by atoms with Crippen molar-refractivity contribution in [3.63, 3.8) is 0 Å². The predicted octanol–water partition coefficient (Wildman–Crippen LogP) is 3.13. The third-order valence-corrected chi connectivity index (χ3v) is 1.89. The maximum atomic E-state index is 12.5. The summed E-state index contributed by atoms with van der Waals surface area (Å²) in [4.78, 5) is 12.2. The second-order valence-corrected chi connectivity index (χ2v) is 3.10. The van der Waals surface area contributed by atoms with Crippen LogP contribution < -0.4 is 4.74 Å². The van der Waals surface area contributed by atoms with Gasteiger partial charge >= 0.3 is 18.1 Å². The second kappa shape index (κ2) is 4.70. The van der Waals surface area contributed by atoms with E-state index in [0.29, 0.717) is 6.07 Å². The maximum Gasteiger partial charge on any atom is 0.575 e. The van der Waals surface area contributed by atoms with E-state index in [-0.39, 0.29) is 0 Å². The number of pyridine rings is 1. The van der Waals surface area contributed by atoms with Crippen molar-refractivity contribution in [3.8, 4) is 5.88 Å². The normalized spacial score (nSPS) is 11.7. The summed E-state index contributed by atoms with van der Waals surface area (Å²) in [6.45, 7) is 0.962. The van der Waals surface area contributed by atoms with E-state index in [4.69, 9.17) is 0 Å². The van der Waals surface area contributed by atoms with Crippen LogP contribution in [0.4, 0.5) is 27.8 Å². The Hall–Kier alpha value is -2.00. The largest absolute Gasteiger partial charge is 0.575 e. The fraction of sp³-hybridized carbons (Fsp3) is 0.375. The van der Waals surface area contributed by atoms with Crippen LogP contribution in [-0.2, 0) is 0 Å². The molecule has 0 aliphatic carbocycles. The molecular weight excluding hydrogens is 267 g/mol. The Labute approximate surface area is 96.3 Å². The average Bonchev–Trinajstić information content (AvgIpc) is 2.17. The number of hydrogen-bond acceptors (Lipinski definition) is 4. The number of hydrogen-bond donors (Lipinski definition) is 0. The van der Waals surface area contributed by atoms with Crippen LogP contribution in [0.1, 0.15) is 17.6 Å². The number of halogens is 5. The van der Waals surface area contributed by atoms with E-state index in [0.717, 1.165) is 6.92 Å². The van der Waals surface area contributed by atoms with E-state index < -0.39 is 40.5 Å². The van der Waals surface area contributed by atoms with Crippen LogP contribution in [-0.4, -0.2) is 16.3 Å². The lowest BCUT2D eigenvalue weighted by atomic mass is 10.1. The summed E-state index contributed by atoms with van der Waals surface area (Å²) in [5, 5.41) is 10.5. The van der Waals surface area contributed by atoms with E-state index in [2.05, 4.69) is 9.72 Å². The van der Waals surface area contributed by atoms with Crippen molar-refractivity contribution in [3.05, 3.63) is 27.3 Å². The van der Waals surface area contributed by atoms with Crippen molar-refractivity contribution in [1.82, 2.24) is 4.98 Å². The van der Waals surface area contributed by atoms with E-state index in [1.807, 2.05) is 0 Å². The molecule has 0 unspecified atom stereocenters. The van der Waals surface area contributed by atoms with Gasteiger partial charge in [0.15, 0.2) is 0 Å². The lowest BCUT2D eigenvalue weighted by Gasteiger charge is -2.08. The number of nitro groups is 1. The van der Waals surface area contributed by atoms with Crippen molar-refractivity contribution in [2.45, 2.75) is 19.7 Å². The van der Waals surface area contributed by atoms with Gasteiger partial charge in [-0.3, -0.25) is 0 Å². The van der Waals surface area contributed by atoms with Crippen LogP contribution in [0.25, 0.3) is 0 Å². The summed E-state index contributed by atoms with van der Waals surface area (Å²) in [6, 6.07) is 0.320. The Morgan fingerprint density at radius 2 is 2.00 bits per heavy atom. The highest BCUT2D eigenvalue weighted by Gasteiger charge is 2.35. The van der Waals surface area contributed by atoms with Gasteiger partial charge in [0.1, 0.15) is 0 Å². The molecular formula is C8H5F5N2O3. The molecule has 1 aromatic heterocycles. The van der Waals surface area contributed by atoms with Crippen molar-refractivity contribution in [2.24, 2.45) is 0 Å². The van der Waals surface area contributed by atoms with Gasteiger partial charge in [0.2, 0.25) is 0 Å². The van der Waals surface area contributed by atoms with Crippen LogP contribution >= 0.6 is 0 Å². The Balaban J connectivity index is 3.34. The zero-order valence-corrected chi connectivity index (χ0v) is 8.66. The SMILES string of the molecule is Cc1c(C(F)F)cc(OC(F)(F)F)nc1[N+](=O)[O-]. The van der Waals surface area contributed by atoms with Gasteiger partial charge in [-0.25, -0.2) is 8.78 Å². The molecule has 0 radical (unpaired) electrons. The standard InChI is InChI=1S/C8H5F5N2O3/c1-3-4(6(9)10)2-5(18-8(11,12)13)14-7(3)15(16)17/h2,6H,1H3. The van der Waals surface area contributed by atoms with Crippen LogP contribution in [0, 0.1) is 17.0 Å². The highest BCUT2D eigenvalue weighted by atomic mass is 19.4. The number of nitrogens with zero attached hydrogens (tertiary/aromatic N) is 2. The van der Waals surface area contributed by atoms with Crippen LogP contribution in [0.2, 0.25) is 0 Å². The summed E-state index contributed by atoms with van der Waals surface area (Å²) >= 11 is 0. The molecule has 0 N–H and O–H groups in total. The summed E-state index contributed by atoms with van der Waals surface area (Å²) in [5.74, 6) is -2.40. The van der Waals surface area contributed by atoms with E-state index in [1.54, 1.807) is 0 Å². The first-order valence-electron chi connectivity index (χ1n) is 4.31. The third kappa shape index (κ3) is 3.25. The van der Waals surface area contributed by atoms with Crippen LogP contribution in [0.3, 0.4) is 0 Å². The van der Waals surface area contributed by atoms with Crippen molar-refractivity contribution >= 4 is 5.82 Å². The average molecular weight is 272 g/mol. The summed E-state index contributed by atoms with van der Waals surface area (Å²) in [5.41, 5.74) is -1.44. The van der Waals surface area contributed by atoms with Gasteiger partial charge in [-0.1, -0.05) is 0 Å². The van der Waals surface area contributed by atoms with Crippen LogP contribution in [0.5, 0.6) is 5.88 Å². The quantitative estimate of drug-likeness (QED) is 0.481. The minimum absolute atomic E-state index is 0.320. The minimum Gasteiger partial charge on any atom is -0.366 e. The van der Waals surface area contributed by atoms with Gasteiger partial charge in [0.05, 0.1) is 5.56 Å². The molecule has 0 aliphatic rings. The predicted molar refractivity (Wildman–Crippen MR) is 47.3 cm³/mol. The highest BCUT2D eigenvalue weighted by Crippen LogP contribution is 2.32. The lowest BCUT2D eigenvalue weighted by Crippen LogP contribution is -2.18. The van der Waals surface area contributed by atoms with Gasteiger partial charge < -0.3 is 14.9 Å². The van der Waals surface area contributed by atoms with Gasteiger partial charge in [-0.15, -0.1) is 13.2 Å². The molecule has 0 aliphatic heterocycles. The van der Waals surface area contributed by atoms with Gasteiger partial charge in [-0.2, -0.15) is 0 Å². The first-order chi connectivity index (χ1) is 8.11. The minimum atomic E-state index is -5.17. The molecule has 0 bridgehead atoms. The zero-order valence-electron chi connectivity index (χ0n) is 8.66. The Morgan fingerprint density at radius 3 is 2.39 bits per heavy atom. The molecule has 5 nitrogen and oxygen atoms in total. The molecule has 0 saturated carbocycles. The topological polar surface area (TPSA) is 65.3 Å². The third-order valence-electron chi connectivity index (χ3n) is 1.89. The van der Waals surface area contributed by atoms with E-state index in [9.17, 15) is 32.1 Å². The van der Waals surface area contributed by atoms with Gasteiger partial charge in [-0.05, 0) is 11.8 Å². The molecule has 0 spiro atoms. The number of rotatable bonds is 3. The zero-order chi connectivity index (χ0) is 14.1. The molecule has 0 fully saturated rings. The summed E-state index contributed by atoms with van der Waals surface area (Å²) < 4.78 is 63.9. The molecule has 1 aromatic rings. The van der Waals surface area contributed by atoms with Crippen molar-refractivity contribution < 1.29 is 31.6 Å². The highest BCUT2D eigenvalue weighted by molar-refractivity contribution is 5.42. The van der Waals surface area contributed by atoms with Crippen molar-refractivity contribution in [1.29, 1.82) is 0 Å². The number of ether oxygens (including phenoxy) is 1. The molecule has 18 heavy (non-hydrogen) atoms. The Bertz CT molecular complexity index is 475. The monoisotopic (exact) mass is 272 g/mol. The van der Waals surface area contributed by atoms with Crippen LogP contribution in [0.15, 0.2) is 6.07 Å². The lowest BCUT2D eigenvalue weighted by molar-refractivity contribution is -0.390. The van der Waals surface area contributed by atoms with Gasteiger partial charge in [0.25, 0.3) is 6.43 Å². The van der Waals surface area contributed by atoms with E-state index >= 15 is 0 Å². The Morgan fingerprint density at radius 1 is 1.44 bits per heavy atom. The second-order valence-electron chi connectivity index (χ2n) is 3.10. The molecule has 1 heterocycles. The number of aromatic nitrogens is 1. The molecule has 0 amide bonds. The maximum absolute atomic E-state index is 12.5. The first-order valence-corrected chi connectivity index (χ1v) is 4.31. The molecule has 0 atom stereocenters. The summed E-state index contributed by atoms with van der Waals surface area (Å²) in [6.07, 6.45) is -8.35. The van der Waals surface area contributed by atoms with Gasteiger partial charge in [0, 0.05) is 16.6 Å². The molecule has 1 rings (SSSR count). The fourth-order valence-electron chi connectivity index (χ4n) is 1.17. The molecule has 0 saturated heterocycles. The molecule has 100 valence electrons. The first kappa shape index (κ1) is 14.1. The molecule has 10 heteroatoms. The summed E-state index contributed by atoms with van der Waals surface area (Å²) in [7, 11) is 0. The number of alkyl halides is 5. The molecule has 0 aromatic carbocycles. The van der Waals surface area contributed by atoms with Crippen molar-refractivity contribution in [2.75, 3.05) is 0 Å².